The van der Waals surface area contributed by atoms with E-state index in [9.17, 15) is 8.78 Å². The molecule has 0 heterocycles. The van der Waals surface area contributed by atoms with Crippen molar-refractivity contribution in [2.24, 2.45) is 29.6 Å². The van der Waals surface area contributed by atoms with Gasteiger partial charge in [0.25, 0.3) is 0 Å². The molecule has 0 saturated heterocycles. The summed E-state index contributed by atoms with van der Waals surface area (Å²) >= 11 is 0. The highest BCUT2D eigenvalue weighted by Gasteiger charge is 2.41. The number of hydrogen-bond acceptors (Lipinski definition) is 1. The first kappa shape index (κ1) is 19.2. The third-order valence-corrected chi connectivity index (χ3v) is 7.85. The molecule has 3 heteroatoms. The van der Waals surface area contributed by atoms with Gasteiger partial charge in [-0.25, -0.2) is 4.39 Å². The lowest BCUT2D eigenvalue weighted by atomic mass is 9.67. The molecule has 0 N–H and O–H groups in total. The lowest BCUT2D eigenvalue weighted by Gasteiger charge is -2.38. The van der Waals surface area contributed by atoms with E-state index in [0.717, 1.165) is 42.4 Å². The summed E-state index contributed by atoms with van der Waals surface area (Å²) in [6.07, 6.45) is 11.5. The Balaban J connectivity index is 1.31. The van der Waals surface area contributed by atoms with Crippen LogP contribution in [-0.2, 0) is 0 Å². The summed E-state index contributed by atoms with van der Waals surface area (Å²) in [7, 11) is 0. The Morgan fingerprint density at radius 3 is 1.96 bits per heavy atom. The molecule has 3 saturated carbocycles. The van der Waals surface area contributed by atoms with E-state index in [2.05, 4.69) is 6.92 Å². The predicted octanol–water partition coefficient (Wildman–Crippen LogP) is 7.10. The molecular weight excluding hydrogens is 342 g/mol. The van der Waals surface area contributed by atoms with E-state index in [-0.39, 0.29) is 11.7 Å². The van der Waals surface area contributed by atoms with Gasteiger partial charge in [-0.1, -0.05) is 13.0 Å². The molecule has 4 rings (SSSR count). The summed E-state index contributed by atoms with van der Waals surface area (Å²) in [6.45, 7) is 4.54. The monoisotopic (exact) mass is 376 g/mol. The average Bonchev–Trinajstić information content (AvgIpc) is 3.43. The number of halogens is 2. The molecule has 1 nitrogen and oxygen atoms in total. The van der Waals surface area contributed by atoms with Crippen LogP contribution in [0.1, 0.15) is 83.1 Å². The van der Waals surface area contributed by atoms with Gasteiger partial charge < -0.3 is 4.74 Å². The van der Waals surface area contributed by atoms with Crippen molar-refractivity contribution in [3.05, 3.63) is 29.3 Å². The van der Waals surface area contributed by atoms with E-state index in [1.165, 1.54) is 44.9 Å². The highest BCUT2D eigenvalue weighted by molar-refractivity contribution is 5.33. The van der Waals surface area contributed by atoms with Crippen molar-refractivity contribution in [2.45, 2.75) is 77.6 Å². The smallest absolute Gasteiger partial charge is 0.200 e. The second kappa shape index (κ2) is 8.09. The van der Waals surface area contributed by atoms with Gasteiger partial charge in [0.2, 0.25) is 5.82 Å². The van der Waals surface area contributed by atoms with Crippen molar-refractivity contribution in [1.82, 2.24) is 0 Å². The zero-order valence-electron chi connectivity index (χ0n) is 16.9. The standard InChI is InChI=1S/C24H34F2O/c1-3-27-22-13-12-20(23(25)24(22)26)18-8-4-16(5-9-18)17-6-10-19(11-7-17)21-14-15(21)2/h12-13,15-19,21H,3-11,14H2,1-2H3. The molecule has 0 aliphatic heterocycles. The Morgan fingerprint density at radius 1 is 0.852 bits per heavy atom. The first-order chi connectivity index (χ1) is 13.1. The predicted molar refractivity (Wildman–Crippen MR) is 105 cm³/mol. The third-order valence-electron chi connectivity index (χ3n) is 7.85. The van der Waals surface area contributed by atoms with E-state index >= 15 is 0 Å². The summed E-state index contributed by atoms with van der Waals surface area (Å²) in [5, 5.41) is 0. The first-order valence-corrected chi connectivity index (χ1v) is 11.2. The minimum Gasteiger partial charge on any atom is -0.491 e. The van der Waals surface area contributed by atoms with Gasteiger partial charge in [0, 0.05) is 0 Å². The topological polar surface area (TPSA) is 9.23 Å². The Kier molecular flexibility index (Phi) is 5.75. The van der Waals surface area contributed by atoms with Gasteiger partial charge in [-0.05, 0) is 112 Å². The zero-order chi connectivity index (χ0) is 19.0. The van der Waals surface area contributed by atoms with E-state index in [4.69, 9.17) is 4.74 Å². The Morgan fingerprint density at radius 2 is 1.41 bits per heavy atom. The van der Waals surface area contributed by atoms with Gasteiger partial charge in [0.1, 0.15) is 0 Å². The fourth-order valence-corrected chi connectivity index (χ4v) is 6.08. The van der Waals surface area contributed by atoms with Gasteiger partial charge in [-0.3, -0.25) is 0 Å². The molecule has 0 radical (unpaired) electrons. The third kappa shape index (κ3) is 4.03. The van der Waals surface area contributed by atoms with Crippen LogP contribution in [0.5, 0.6) is 5.75 Å². The molecule has 0 amide bonds. The van der Waals surface area contributed by atoms with E-state index in [1.54, 1.807) is 19.1 Å². The van der Waals surface area contributed by atoms with Crippen molar-refractivity contribution < 1.29 is 13.5 Å². The first-order valence-electron chi connectivity index (χ1n) is 11.2. The van der Waals surface area contributed by atoms with Crippen LogP contribution < -0.4 is 4.74 Å². The largest absolute Gasteiger partial charge is 0.491 e. The minimum absolute atomic E-state index is 0.0363. The summed E-state index contributed by atoms with van der Waals surface area (Å²) < 4.78 is 33.9. The molecule has 1 aromatic rings. The molecule has 3 aliphatic rings. The highest BCUT2D eigenvalue weighted by Crippen LogP contribution is 2.52. The van der Waals surface area contributed by atoms with Crippen LogP contribution in [0.2, 0.25) is 0 Å². The van der Waals surface area contributed by atoms with E-state index in [0.29, 0.717) is 12.2 Å². The van der Waals surface area contributed by atoms with Crippen LogP contribution in [-0.4, -0.2) is 6.61 Å². The van der Waals surface area contributed by atoms with Gasteiger partial charge >= 0.3 is 0 Å². The van der Waals surface area contributed by atoms with Crippen molar-refractivity contribution >= 4 is 0 Å². The summed E-state index contributed by atoms with van der Waals surface area (Å²) in [6, 6.07) is 3.35. The van der Waals surface area contributed by atoms with Gasteiger partial charge in [0.05, 0.1) is 6.61 Å². The quantitative estimate of drug-likeness (QED) is 0.532. The van der Waals surface area contributed by atoms with Crippen LogP contribution in [0.3, 0.4) is 0 Å². The van der Waals surface area contributed by atoms with Crippen molar-refractivity contribution in [1.29, 1.82) is 0 Å². The van der Waals surface area contributed by atoms with Crippen LogP contribution >= 0.6 is 0 Å². The maximum Gasteiger partial charge on any atom is 0.200 e. The van der Waals surface area contributed by atoms with Crippen molar-refractivity contribution in [3.8, 4) is 5.75 Å². The molecule has 1 aromatic carbocycles. The average molecular weight is 377 g/mol. The molecule has 3 aliphatic carbocycles. The molecule has 0 bridgehead atoms. The van der Waals surface area contributed by atoms with Crippen molar-refractivity contribution in [3.63, 3.8) is 0 Å². The number of ether oxygens (including phenoxy) is 1. The second-order valence-corrected chi connectivity index (χ2v) is 9.38. The number of benzene rings is 1. The summed E-state index contributed by atoms with van der Waals surface area (Å²) in [4.78, 5) is 0. The fourth-order valence-electron chi connectivity index (χ4n) is 6.08. The summed E-state index contributed by atoms with van der Waals surface area (Å²) in [5.41, 5.74) is 0.556. The normalized spacial score (nSPS) is 36.4. The van der Waals surface area contributed by atoms with Crippen LogP contribution in [0, 0.1) is 41.2 Å². The van der Waals surface area contributed by atoms with Crippen LogP contribution in [0.15, 0.2) is 12.1 Å². The fraction of sp³-hybridized carbons (Fsp3) is 0.750. The van der Waals surface area contributed by atoms with Gasteiger partial charge in [-0.2, -0.15) is 4.39 Å². The summed E-state index contributed by atoms with van der Waals surface area (Å²) in [5.74, 6) is 3.36. The van der Waals surface area contributed by atoms with Gasteiger partial charge in [0.15, 0.2) is 11.6 Å². The Labute approximate surface area is 162 Å². The van der Waals surface area contributed by atoms with E-state index in [1.807, 2.05) is 0 Å². The van der Waals surface area contributed by atoms with Crippen LogP contribution in [0.4, 0.5) is 8.78 Å². The van der Waals surface area contributed by atoms with E-state index < -0.39 is 11.6 Å². The molecule has 3 fully saturated rings. The number of rotatable bonds is 5. The molecule has 150 valence electrons. The molecule has 0 spiro atoms. The highest BCUT2D eigenvalue weighted by atomic mass is 19.2. The van der Waals surface area contributed by atoms with Crippen LogP contribution in [0.25, 0.3) is 0 Å². The van der Waals surface area contributed by atoms with Crippen molar-refractivity contribution in [2.75, 3.05) is 6.61 Å². The molecule has 0 aromatic heterocycles. The maximum absolute atomic E-state index is 14.5. The lowest BCUT2D eigenvalue weighted by molar-refractivity contribution is 0.150. The van der Waals surface area contributed by atoms with Gasteiger partial charge in [-0.15, -0.1) is 0 Å². The Hall–Kier alpha value is -1.12. The lowest BCUT2D eigenvalue weighted by Crippen LogP contribution is -2.26. The maximum atomic E-state index is 14.5. The second-order valence-electron chi connectivity index (χ2n) is 9.38. The molecule has 2 unspecified atom stereocenters. The Bertz CT molecular complexity index is 642. The number of hydrogen-bond donors (Lipinski definition) is 0. The molecular formula is C24H34F2O. The molecule has 2 atom stereocenters. The SMILES string of the molecule is CCOc1ccc(C2CCC(C3CCC(C4CC4C)CC3)CC2)c(F)c1F. The zero-order valence-corrected chi connectivity index (χ0v) is 16.9. The minimum atomic E-state index is -0.816. The molecule has 27 heavy (non-hydrogen) atoms.